The number of nitrogens with zero attached hydrogens (tertiary/aromatic N) is 3. The molecule has 5 heteroatoms. The second-order valence-corrected chi connectivity index (χ2v) is 6.21. The fraction of sp³-hybridized carbons (Fsp3) is 0.0455. The molecule has 1 amide bonds. The predicted molar refractivity (Wildman–Crippen MR) is 107 cm³/mol. The van der Waals surface area contributed by atoms with Crippen molar-refractivity contribution < 1.29 is 4.79 Å². The van der Waals surface area contributed by atoms with Crippen molar-refractivity contribution >= 4 is 23.4 Å². The number of carbonyl (C=O) groups is 1. The third-order valence-electron chi connectivity index (χ3n) is 4.14. The number of hydrogen-bond donors (Lipinski definition) is 1. The van der Waals surface area contributed by atoms with Crippen molar-refractivity contribution in [3.63, 3.8) is 0 Å². The number of rotatable bonds is 4. The molecule has 1 N–H and O–H groups in total. The van der Waals surface area contributed by atoms with Crippen molar-refractivity contribution in [3.05, 3.63) is 90.4 Å². The zero-order valence-corrected chi connectivity index (χ0v) is 14.8. The summed E-state index contributed by atoms with van der Waals surface area (Å²) >= 11 is 0. The normalized spacial score (nSPS) is 11.1. The Bertz CT molecular complexity index is 1110. The first kappa shape index (κ1) is 16.7. The third kappa shape index (κ3) is 3.93. The first-order valence-corrected chi connectivity index (χ1v) is 8.64. The first-order chi connectivity index (χ1) is 13.2. The van der Waals surface area contributed by atoms with E-state index < -0.39 is 0 Å². The maximum atomic E-state index is 12.1. The lowest BCUT2D eigenvalue weighted by Crippen LogP contribution is -2.07. The highest BCUT2D eigenvalue weighted by Crippen LogP contribution is 2.21. The van der Waals surface area contributed by atoms with Crippen LogP contribution in [-0.4, -0.2) is 20.3 Å². The fourth-order valence-corrected chi connectivity index (χ4v) is 2.74. The largest absolute Gasteiger partial charge is 0.323 e. The Morgan fingerprint density at radius 2 is 1.78 bits per heavy atom. The van der Waals surface area contributed by atoms with Gasteiger partial charge in [0, 0.05) is 35.4 Å². The number of aromatic nitrogens is 3. The van der Waals surface area contributed by atoms with Crippen LogP contribution in [0.4, 0.5) is 5.69 Å². The molecule has 2 heterocycles. The molecular formula is C22H18N4O. The molecule has 0 aliphatic heterocycles. The highest BCUT2D eigenvalue weighted by molar-refractivity contribution is 6.02. The van der Waals surface area contributed by atoms with Crippen LogP contribution in [0.15, 0.2) is 79.1 Å². The molecule has 4 aromatic rings. The van der Waals surface area contributed by atoms with Crippen molar-refractivity contribution in [3.8, 4) is 11.3 Å². The zero-order valence-electron chi connectivity index (χ0n) is 14.8. The number of imidazole rings is 1. The molecular weight excluding hydrogens is 336 g/mol. The molecule has 27 heavy (non-hydrogen) atoms. The van der Waals surface area contributed by atoms with Crippen molar-refractivity contribution in [2.75, 3.05) is 5.32 Å². The first-order valence-electron chi connectivity index (χ1n) is 8.64. The van der Waals surface area contributed by atoms with E-state index in [4.69, 9.17) is 0 Å². The van der Waals surface area contributed by atoms with Crippen molar-refractivity contribution in [2.45, 2.75) is 6.92 Å². The van der Waals surface area contributed by atoms with Gasteiger partial charge in [0.2, 0.25) is 11.7 Å². The maximum absolute atomic E-state index is 12.1. The van der Waals surface area contributed by atoms with E-state index in [0.29, 0.717) is 5.78 Å². The minimum Gasteiger partial charge on any atom is -0.323 e. The van der Waals surface area contributed by atoms with Crippen molar-refractivity contribution in [1.82, 2.24) is 14.4 Å². The average molecular weight is 354 g/mol. The van der Waals surface area contributed by atoms with Gasteiger partial charge < -0.3 is 5.32 Å². The molecule has 0 spiro atoms. The van der Waals surface area contributed by atoms with Gasteiger partial charge in [-0.3, -0.25) is 9.20 Å². The summed E-state index contributed by atoms with van der Waals surface area (Å²) in [5.74, 6) is 0.507. The van der Waals surface area contributed by atoms with Crippen LogP contribution in [-0.2, 0) is 4.79 Å². The van der Waals surface area contributed by atoms with E-state index in [9.17, 15) is 4.79 Å². The molecule has 0 saturated heterocycles. The number of anilines is 1. The lowest BCUT2D eigenvalue weighted by atomic mass is 10.1. The van der Waals surface area contributed by atoms with Gasteiger partial charge in [0.1, 0.15) is 0 Å². The quantitative estimate of drug-likeness (QED) is 0.554. The monoisotopic (exact) mass is 354 g/mol. The standard InChI is InChI=1S/C22H18N4O/c1-16-13-14-26-15-20(25-22(26)23-16)18-8-10-19(11-9-18)24-21(27)12-7-17-5-3-2-4-6-17/h2-15H,1H3,(H,24,27)/b12-7+. The molecule has 0 atom stereocenters. The Kier molecular flexibility index (Phi) is 4.49. The van der Waals surface area contributed by atoms with Crippen LogP contribution in [0.3, 0.4) is 0 Å². The Morgan fingerprint density at radius 1 is 1.00 bits per heavy atom. The van der Waals surface area contributed by atoms with Gasteiger partial charge in [0.15, 0.2) is 0 Å². The summed E-state index contributed by atoms with van der Waals surface area (Å²) in [5.41, 5.74) is 4.46. The van der Waals surface area contributed by atoms with E-state index in [-0.39, 0.29) is 5.91 Å². The molecule has 0 unspecified atom stereocenters. The average Bonchev–Trinajstić information content (AvgIpc) is 3.11. The van der Waals surface area contributed by atoms with Crippen LogP contribution in [0.1, 0.15) is 11.3 Å². The molecule has 0 radical (unpaired) electrons. The van der Waals surface area contributed by atoms with Gasteiger partial charge in [-0.25, -0.2) is 9.97 Å². The summed E-state index contributed by atoms with van der Waals surface area (Å²) < 4.78 is 1.90. The Hall–Kier alpha value is -3.73. The number of fused-ring (bicyclic) bond motifs is 1. The number of nitrogens with one attached hydrogen (secondary N) is 1. The molecule has 0 bridgehead atoms. The molecule has 0 saturated carbocycles. The van der Waals surface area contributed by atoms with E-state index in [1.54, 1.807) is 6.08 Å². The second-order valence-electron chi connectivity index (χ2n) is 6.21. The van der Waals surface area contributed by atoms with E-state index in [0.717, 1.165) is 28.2 Å². The van der Waals surface area contributed by atoms with Crippen molar-refractivity contribution in [2.24, 2.45) is 0 Å². The van der Waals surface area contributed by atoms with Crippen LogP contribution >= 0.6 is 0 Å². The van der Waals surface area contributed by atoms with Gasteiger partial charge in [-0.15, -0.1) is 0 Å². The number of amides is 1. The van der Waals surface area contributed by atoms with E-state index in [1.807, 2.05) is 84.4 Å². The van der Waals surface area contributed by atoms with Crippen LogP contribution in [0.5, 0.6) is 0 Å². The Morgan fingerprint density at radius 3 is 2.56 bits per heavy atom. The lowest BCUT2D eigenvalue weighted by Gasteiger charge is -2.03. The number of benzene rings is 2. The summed E-state index contributed by atoms with van der Waals surface area (Å²) in [4.78, 5) is 21.0. The van der Waals surface area contributed by atoms with Gasteiger partial charge >= 0.3 is 0 Å². The van der Waals surface area contributed by atoms with Gasteiger partial charge in [-0.05, 0) is 36.8 Å². The third-order valence-corrected chi connectivity index (χ3v) is 4.14. The fourth-order valence-electron chi connectivity index (χ4n) is 2.74. The molecule has 0 fully saturated rings. The number of aryl methyl sites for hydroxylation is 1. The second kappa shape index (κ2) is 7.25. The summed E-state index contributed by atoms with van der Waals surface area (Å²) in [6, 6.07) is 19.3. The van der Waals surface area contributed by atoms with E-state index in [2.05, 4.69) is 15.3 Å². The summed E-state index contributed by atoms with van der Waals surface area (Å²) in [6.45, 7) is 1.94. The van der Waals surface area contributed by atoms with Gasteiger partial charge in [0.25, 0.3) is 0 Å². The van der Waals surface area contributed by atoms with E-state index >= 15 is 0 Å². The van der Waals surface area contributed by atoms with Crippen LogP contribution in [0.2, 0.25) is 0 Å². The van der Waals surface area contributed by atoms with Gasteiger partial charge in [-0.1, -0.05) is 42.5 Å². The van der Waals surface area contributed by atoms with Crippen molar-refractivity contribution in [1.29, 1.82) is 0 Å². The Balaban J connectivity index is 1.46. The van der Waals surface area contributed by atoms with Crippen LogP contribution < -0.4 is 5.32 Å². The topological polar surface area (TPSA) is 59.3 Å². The summed E-state index contributed by atoms with van der Waals surface area (Å²) in [7, 11) is 0. The minimum atomic E-state index is -0.168. The minimum absolute atomic E-state index is 0.168. The molecule has 0 aliphatic rings. The van der Waals surface area contributed by atoms with Crippen LogP contribution in [0, 0.1) is 6.92 Å². The highest BCUT2D eigenvalue weighted by atomic mass is 16.1. The molecule has 5 nitrogen and oxygen atoms in total. The molecule has 0 aliphatic carbocycles. The molecule has 2 aromatic heterocycles. The maximum Gasteiger partial charge on any atom is 0.248 e. The number of hydrogen-bond acceptors (Lipinski definition) is 3. The smallest absolute Gasteiger partial charge is 0.248 e. The summed E-state index contributed by atoms with van der Waals surface area (Å²) in [6.07, 6.45) is 7.20. The lowest BCUT2D eigenvalue weighted by molar-refractivity contribution is -0.111. The molecule has 4 rings (SSSR count). The van der Waals surface area contributed by atoms with Crippen LogP contribution in [0.25, 0.3) is 23.1 Å². The van der Waals surface area contributed by atoms with E-state index in [1.165, 1.54) is 6.08 Å². The predicted octanol–water partition coefficient (Wildman–Crippen LogP) is 4.36. The van der Waals surface area contributed by atoms with Gasteiger partial charge in [-0.2, -0.15) is 0 Å². The van der Waals surface area contributed by atoms with Gasteiger partial charge in [0.05, 0.1) is 5.69 Å². The highest BCUT2D eigenvalue weighted by Gasteiger charge is 2.06. The molecule has 132 valence electrons. The number of carbonyl (C=O) groups excluding carboxylic acids is 1. The summed E-state index contributed by atoms with van der Waals surface area (Å²) in [5, 5.41) is 2.86. The SMILES string of the molecule is Cc1ccn2cc(-c3ccc(NC(=O)/C=C/c4ccccc4)cc3)nc2n1. The molecule has 2 aromatic carbocycles. The zero-order chi connectivity index (χ0) is 18.6. The Labute approximate surface area is 157 Å².